The van der Waals surface area contributed by atoms with Gasteiger partial charge in [-0.05, 0) is 105 Å². The number of anilines is 2. The molecule has 3 nitrogen and oxygen atoms in total. The molecule has 0 unspecified atom stereocenters. The number of nitrogens with one attached hydrogen (secondary N) is 1. The zero-order valence-electron chi connectivity index (χ0n) is 26.5. The van der Waals surface area contributed by atoms with Gasteiger partial charge in [0.2, 0.25) is 0 Å². The van der Waals surface area contributed by atoms with Crippen LogP contribution < -0.4 is 5.32 Å². The van der Waals surface area contributed by atoms with Crippen molar-refractivity contribution in [2.75, 3.05) is 5.32 Å². The van der Waals surface area contributed by atoms with Crippen molar-refractivity contribution in [1.82, 2.24) is 9.97 Å². The van der Waals surface area contributed by atoms with Crippen molar-refractivity contribution in [3.63, 3.8) is 0 Å². The van der Waals surface area contributed by atoms with Crippen LogP contribution in [0.15, 0.2) is 109 Å². The maximum Gasteiger partial charge on any atom is 0.131 e. The fourth-order valence-corrected chi connectivity index (χ4v) is 6.63. The van der Waals surface area contributed by atoms with Gasteiger partial charge < -0.3 is 5.32 Å². The summed E-state index contributed by atoms with van der Waals surface area (Å²) in [6.07, 6.45) is 0.738. The highest BCUT2D eigenvalue weighted by Crippen LogP contribution is 2.35. The first kappa shape index (κ1) is 29.1. The summed E-state index contributed by atoms with van der Waals surface area (Å²) >= 11 is 0. The van der Waals surface area contributed by atoms with Crippen LogP contribution in [0.5, 0.6) is 0 Å². The summed E-state index contributed by atoms with van der Waals surface area (Å²) in [5, 5.41) is 3.64. The van der Waals surface area contributed by atoms with Gasteiger partial charge in [0.1, 0.15) is 5.82 Å². The second-order valence-corrected chi connectivity index (χ2v) is 12.0. The van der Waals surface area contributed by atoms with E-state index >= 15 is 0 Å². The topological polar surface area (TPSA) is 37.8 Å². The minimum absolute atomic E-state index is 0.738. The third-order valence-corrected chi connectivity index (χ3v) is 8.29. The zero-order valence-corrected chi connectivity index (χ0v) is 26.5. The quantitative estimate of drug-likeness (QED) is 0.206. The smallest absolute Gasteiger partial charge is 0.131 e. The first-order chi connectivity index (χ1) is 21.3. The first-order valence-electron chi connectivity index (χ1n) is 15.3. The van der Waals surface area contributed by atoms with Crippen LogP contribution in [0, 0.1) is 41.5 Å². The molecule has 6 rings (SSSR count). The highest BCUT2D eigenvalue weighted by Gasteiger charge is 2.14. The molecule has 218 valence electrons. The van der Waals surface area contributed by atoms with Gasteiger partial charge in [0.25, 0.3) is 0 Å². The Morgan fingerprint density at radius 2 is 1.02 bits per heavy atom. The normalized spacial score (nSPS) is 11.0. The molecule has 0 amide bonds. The van der Waals surface area contributed by atoms with Gasteiger partial charge in [-0.15, -0.1) is 0 Å². The van der Waals surface area contributed by atoms with Crippen molar-refractivity contribution in [2.24, 2.45) is 0 Å². The maximum absolute atomic E-state index is 5.15. The molecule has 0 bridgehead atoms. The van der Waals surface area contributed by atoms with Gasteiger partial charge in [0, 0.05) is 34.5 Å². The van der Waals surface area contributed by atoms with E-state index in [4.69, 9.17) is 9.97 Å². The van der Waals surface area contributed by atoms with Crippen LogP contribution in [-0.2, 0) is 6.42 Å². The molecule has 3 heteroatoms. The predicted octanol–water partition coefficient (Wildman–Crippen LogP) is 10.7. The number of nitrogens with zero attached hydrogens (tertiary/aromatic N) is 2. The first-order valence-corrected chi connectivity index (χ1v) is 15.3. The van der Waals surface area contributed by atoms with E-state index in [2.05, 4.69) is 150 Å². The van der Waals surface area contributed by atoms with E-state index in [1.54, 1.807) is 0 Å². The molecular formula is C41H39N3. The molecule has 1 N–H and O–H groups in total. The van der Waals surface area contributed by atoms with Crippen molar-refractivity contribution in [1.29, 1.82) is 0 Å². The van der Waals surface area contributed by atoms with Crippen LogP contribution in [0.4, 0.5) is 11.5 Å². The Kier molecular flexibility index (Phi) is 8.13. The molecule has 0 aliphatic carbocycles. The fraction of sp³-hybridized carbons (Fsp3) is 0.171. The van der Waals surface area contributed by atoms with Crippen LogP contribution >= 0.6 is 0 Å². The van der Waals surface area contributed by atoms with Gasteiger partial charge in [0.05, 0.1) is 11.4 Å². The van der Waals surface area contributed by atoms with Crippen molar-refractivity contribution < 1.29 is 0 Å². The summed E-state index contributed by atoms with van der Waals surface area (Å²) in [6.45, 7) is 13.0. The predicted molar refractivity (Wildman–Crippen MR) is 186 cm³/mol. The van der Waals surface area contributed by atoms with E-state index in [1.807, 2.05) is 6.07 Å². The van der Waals surface area contributed by atoms with Gasteiger partial charge in [-0.2, -0.15) is 0 Å². The number of para-hydroxylation sites is 1. The van der Waals surface area contributed by atoms with Crippen LogP contribution in [0.1, 0.15) is 44.6 Å². The second-order valence-electron chi connectivity index (χ2n) is 12.0. The van der Waals surface area contributed by atoms with Crippen molar-refractivity contribution >= 4 is 11.5 Å². The minimum Gasteiger partial charge on any atom is -0.340 e. The van der Waals surface area contributed by atoms with Gasteiger partial charge in [-0.1, -0.05) is 90.0 Å². The SMILES string of the molecule is Cc1cc(C)c(-c2cccc(Cc3ccccc3-c3ccccc3Nc3cccc(-c4c(C)cc(C)cc4C)n3)n2)c(C)c1. The molecule has 6 aromatic rings. The fourth-order valence-electron chi connectivity index (χ4n) is 6.63. The standard InChI is InChI=1S/C41H39N3/c1-26-21-28(3)40(29(4)22-26)37-18-11-14-33(42-37)25-32-13-7-8-15-34(32)35-16-9-10-17-36(35)43-39-20-12-19-38(44-39)41-30(5)23-27(2)24-31(41)6/h7-24H,25H2,1-6H3,(H,43,44). The monoisotopic (exact) mass is 573 g/mol. The van der Waals surface area contributed by atoms with E-state index in [-0.39, 0.29) is 0 Å². The summed E-state index contributed by atoms with van der Waals surface area (Å²) < 4.78 is 0. The number of rotatable bonds is 7. The molecule has 0 aliphatic rings. The van der Waals surface area contributed by atoms with Crippen LogP contribution in [0.3, 0.4) is 0 Å². The molecule has 0 spiro atoms. The lowest BCUT2D eigenvalue weighted by atomic mass is 9.94. The molecule has 0 saturated carbocycles. The second kappa shape index (κ2) is 12.3. The molecule has 0 atom stereocenters. The highest BCUT2D eigenvalue weighted by atomic mass is 15.0. The number of pyridine rings is 2. The summed E-state index contributed by atoms with van der Waals surface area (Å²) in [4.78, 5) is 10.2. The van der Waals surface area contributed by atoms with Crippen LogP contribution in [0.25, 0.3) is 33.6 Å². The molecule has 0 fully saturated rings. The molecule has 0 radical (unpaired) electrons. The number of benzene rings is 4. The lowest BCUT2D eigenvalue weighted by Gasteiger charge is -2.17. The van der Waals surface area contributed by atoms with Crippen molar-refractivity contribution in [3.8, 4) is 33.6 Å². The Balaban J connectivity index is 1.33. The highest BCUT2D eigenvalue weighted by molar-refractivity contribution is 5.83. The molecular weight excluding hydrogens is 534 g/mol. The third kappa shape index (κ3) is 6.05. The number of hydrogen-bond donors (Lipinski definition) is 1. The number of aromatic nitrogens is 2. The molecule has 0 aliphatic heterocycles. The van der Waals surface area contributed by atoms with E-state index in [0.717, 1.165) is 40.6 Å². The zero-order chi connectivity index (χ0) is 30.8. The summed E-state index contributed by atoms with van der Waals surface area (Å²) in [6, 6.07) is 38.7. The largest absolute Gasteiger partial charge is 0.340 e. The van der Waals surface area contributed by atoms with Crippen LogP contribution in [0.2, 0.25) is 0 Å². The van der Waals surface area contributed by atoms with Gasteiger partial charge in [0.15, 0.2) is 0 Å². The summed E-state index contributed by atoms with van der Waals surface area (Å²) in [7, 11) is 0. The summed E-state index contributed by atoms with van der Waals surface area (Å²) in [5.41, 5.74) is 17.6. The molecule has 44 heavy (non-hydrogen) atoms. The lowest BCUT2D eigenvalue weighted by molar-refractivity contribution is 1.08. The average molecular weight is 574 g/mol. The molecule has 2 aromatic heterocycles. The number of aryl methyl sites for hydroxylation is 6. The lowest BCUT2D eigenvalue weighted by Crippen LogP contribution is -2.01. The molecule has 2 heterocycles. The van der Waals surface area contributed by atoms with Gasteiger partial charge in [-0.25, -0.2) is 4.98 Å². The van der Waals surface area contributed by atoms with E-state index < -0.39 is 0 Å². The Hall–Kier alpha value is -5.02. The molecule has 4 aromatic carbocycles. The van der Waals surface area contributed by atoms with E-state index in [1.165, 1.54) is 55.6 Å². The van der Waals surface area contributed by atoms with Crippen LogP contribution in [-0.4, -0.2) is 9.97 Å². The number of hydrogen-bond acceptors (Lipinski definition) is 3. The minimum atomic E-state index is 0.738. The Bertz CT molecular complexity index is 1790. The third-order valence-electron chi connectivity index (χ3n) is 8.29. The Morgan fingerprint density at radius 3 is 1.66 bits per heavy atom. The average Bonchev–Trinajstić information content (AvgIpc) is 2.97. The van der Waals surface area contributed by atoms with Gasteiger partial charge >= 0.3 is 0 Å². The summed E-state index contributed by atoms with van der Waals surface area (Å²) in [5.74, 6) is 0.824. The Labute approximate surface area is 261 Å². The van der Waals surface area contributed by atoms with E-state index in [0.29, 0.717) is 0 Å². The molecule has 0 saturated heterocycles. The van der Waals surface area contributed by atoms with Crippen molar-refractivity contribution in [3.05, 3.63) is 154 Å². The van der Waals surface area contributed by atoms with Crippen molar-refractivity contribution in [2.45, 2.75) is 48.0 Å². The maximum atomic E-state index is 5.15. The van der Waals surface area contributed by atoms with Gasteiger partial charge in [-0.3, -0.25) is 4.98 Å². The van der Waals surface area contributed by atoms with E-state index in [9.17, 15) is 0 Å². The Morgan fingerprint density at radius 1 is 0.500 bits per heavy atom.